The highest BCUT2D eigenvalue weighted by Crippen LogP contribution is 2.28. The maximum absolute atomic E-state index is 13.8. The molecule has 2 amide bonds. The molecule has 4 nitrogen and oxygen atoms in total. The third-order valence-corrected chi connectivity index (χ3v) is 4.46. The van der Waals surface area contributed by atoms with Crippen molar-refractivity contribution >= 4 is 34.8 Å². The fourth-order valence-corrected chi connectivity index (χ4v) is 3.08. The Balaban J connectivity index is 1.74. The van der Waals surface area contributed by atoms with E-state index >= 15 is 0 Å². The number of anilines is 2. The lowest BCUT2D eigenvalue weighted by Gasteiger charge is -2.19. The van der Waals surface area contributed by atoms with Gasteiger partial charge in [-0.3, -0.25) is 9.59 Å². The first-order valence-corrected chi connectivity index (χ1v) is 8.46. The molecule has 1 N–H and O–H groups in total. The van der Waals surface area contributed by atoms with Gasteiger partial charge in [0.15, 0.2) is 0 Å². The minimum atomic E-state index is -0.505. The smallest absolute Gasteiger partial charge is 0.228 e. The Hall–Kier alpha value is -2.40. The SMILES string of the molecule is Cc1ccc(NC(=O)Cc2ccc(Cl)cc2F)cc1N1CCCC1=O. The van der Waals surface area contributed by atoms with E-state index in [1.165, 1.54) is 12.1 Å². The normalized spacial score (nSPS) is 14.0. The summed E-state index contributed by atoms with van der Waals surface area (Å²) < 4.78 is 13.8. The molecule has 0 spiro atoms. The van der Waals surface area contributed by atoms with Gasteiger partial charge in [-0.2, -0.15) is 0 Å². The summed E-state index contributed by atoms with van der Waals surface area (Å²) in [6.07, 6.45) is 1.30. The number of benzene rings is 2. The largest absolute Gasteiger partial charge is 0.326 e. The van der Waals surface area contributed by atoms with E-state index in [1.54, 1.807) is 23.1 Å². The zero-order valence-electron chi connectivity index (χ0n) is 13.8. The summed E-state index contributed by atoms with van der Waals surface area (Å²) in [6, 6.07) is 9.66. The Morgan fingerprint density at radius 2 is 2.08 bits per heavy atom. The second-order valence-electron chi connectivity index (χ2n) is 6.11. The van der Waals surface area contributed by atoms with Gasteiger partial charge >= 0.3 is 0 Å². The van der Waals surface area contributed by atoms with Gasteiger partial charge in [-0.15, -0.1) is 0 Å². The van der Waals surface area contributed by atoms with Gasteiger partial charge in [0, 0.05) is 29.4 Å². The number of carbonyl (C=O) groups excluding carboxylic acids is 2. The standard InChI is InChI=1S/C19H18ClFN2O2/c1-12-4-7-15(11-17(12)23-8-2-3-19(23)25)22-18(24)9-13-5-6-14(20)10-16(13)21/h4-7,10-11H,2-3,8-9H2,1H3,(H,22,24). The monoisotopic (exact) mass is 360 g/mol. The molecule has 2 aromatic rings. The molecule has 0 bridgehead atoms. The highest BCUT2D eigenvalue weighted by Gasteiger charge is 2.23. The van der Waals surface area contributed by atoms with Crippen LogP contribution in [0.25, 0.3) is 0 Å². The van der Waals surface area contributed by atoms with Gasteiger partial charge in [-0.25, -0.2) is 4.39 Å². The summed E-state index contributed by atoms with van der Waals surface area (Å²) in [5.41, 5.74) is 2.64. The summed E-state index contributed by atoms with van der Waals surface area (Å²) in [5, 5.41) is 3.05. The van der Waals surface area contributed by atoms with Crippen molar-refractivity contribution in [2.75, 3.05) is 16.8 Å². The molecule has 1 aliphatic heterocycles. The molecule has 0 saturated carbocycles. The Morgan fingerprint density at radius 1 is 1.28 bits per heavy atom. The molecule has 1 saturated heterocycles. The first-order valence-electron chi connectivity index (χ1n) is 8.09. The van der Waals surface area contributed by atoms with Crippen molar-refractivity contribution < 1.29 is 14.0 Å². The van der Waals surface area contributed by atoms with Crippen LogP contribution in [0.1, 0.15) is 24.0 Å². The van der Waals surface area contributed by atoms with Gasteiger partial charge in [0.25, 0.3) is 0 Å². The van der Waals surface area contributed by atoms with Gasteiger partial charge < -0.3 is 10.2 Å². The quantitative estimate of drug-likeness (QED) is 0.892. The summed E-state index contributed by atoms with van der Waals surface area (Å²) in [5.74, 6) is -0.742. The van der Waals surface area contributed by atoms with E-state index in [4.69, 9.17) is 11.6 Å². The zero-order valence-corrected chi connectivity index (χ0v) is 14.6. The number of hydrogen-bond donors (Lipinski definition) is 1. The first kappa shape index (κ1) is 17.4. The van der Waals surface area contributed by atoms with Crippen LogP contribution in [0, 0.1) is 12.7 Å². The number of aryl methyl sites for hydroxylation is 1. The predicted molar refractivity (Wildman–Crippen MR) is 96.5 cm³/mol. The van der Waals surface area contributed by atoms with Gasteiger partial charge in [0.05, 0.1) is 6.42 Å². The zero-order chi connectivity index (χ0) is 18.0. The molecule has 0 aliphatic carbocycles. The summed E-state index contributed by atoms with van der Waals surface area (Å²) in [6.45, 7) is 2.61. The fraction of sp³-hybridized carbons (Fsp3) is 0.263. The van der Waals surface area contributed by atoms with Crippen LogP contribution in [0.2, 0.25) is 5.02 Å². The van der Waals surface area contributed by atoms with Crippen LogP contribution in [-0.4, -0.2) is 18.4 Å². The molecule has 1 heterocycles. The minimum absolute atomic E-state index is 0.0884. The molecule has 1 aliphatic rings. The van der Waals surface area contributed by atoms with Crippen LogP contribution in [0.15, 0.2) is 36.4 Å². The minimum Gasteiger partial charge on any atom is -0.326 e. The van der Waals surface area contributed by atoms with Crippen LogP contribution in [0.3, 0.4) is 0 Å². The molecule has 0 aromatic heterocycles. The predicted octanol–water partition coefficient (Wildman–Crippen LogP) is 4.10. The lowest BCUT2D eigenvalue weighted by atomic mass is 10.1. The van der Waals surface area contributed by atoms with Crippen LogP contribution in [0.4, 0.5) is 15.8 Å². The third-order valence-electron chi connectivity index (χ3n) is 4.22. The molecule has 2 aromatic carbocycles. The topological polar surface area (TPSA) is 49.4 Å². The van der Waals surface area contributed by atoms with E-state index in [0.717, 1.165) is 17.7 Å². The maximum atomic E-state index is 13.8. The molecular weight excluding hydrogens is 343 g/mol. The summed E-state index contributed by atoms with van der Waals surface area (Å²) in [4.78, 5) is 25.9. The van der Waals surface area contributed by atoms with Crippen molar-refractivity contribution in [1.29, 1.82) is 0 Å². The lowest BCUT2D eigenvalue weighted by Crippen LogP contribution is -2.24. The third kappa shape index (κ3) is 3.99. The molecule has 130 valence electrons. The molecule has 0 radical (unpaired) electrons. The average molecular weight is 361 g/mol. The van der Waals surface area contributed by atoms with Crippen molar-refractivity contribution in [2.24, 2.45) is 0 Å². The summed E-state index contributed by atoms with van der Waals surface area (Å²) >= 11 is 5.72. The Kier molecular flexibility index (Phi) is 5.04. The number of nitrogens with zero attached hydrogens (tertiary/aromatic N) is 1. The molecule has 0 atom stereocenters. The highest BCUT2D eigenvalue weighted by atomic mass is 35.5. The first-order chi connectivity index (χ1) is 11.9. The van der Waals surface area contributed by atoms with E-state index in [1.807, 2.05) is 13.0 Å². The lowest BCUT2D eigenvalue weighted by molar-refractivity contribution is -0.117. The Morgan fingerprint density at radius 3 is 2.76 bits per heavy atom. The van der Waals surface area contributed by atoms with E-state index in [2.05, 4.69) is 5.32 Å². The molecular formula is C19H18ClFN2O2. The highest BCUT2D eigenvalue weighted by molar-refractivity contribution is 6.30. The summed E-state index contributed by atoms with van der Waals surface area (Å²) in [7, 11) is 0. The van der Waals surface area contributed by atoms with Gasteiger partial charge in [0.1, 0.15) is 5.82 Å². The van der Waals surface area contributed by atoms with Crippen molar-refractivity contribution in [1.82, 2.24) is 0 Å². The van der Waals surface area contributed by atoms with Crippen molar-refractivity contribution in [2.45, 2.75) is 26.2 Å². The number of hydrogen-bond acceptors (Lipinski definition) is 2. The van der Waals surface area contributed by atoms with Gasteiger partial charge in [0.2, 0.25) is 11.8 Å². The number of amides is 2. The van der Waals surface area contributed by atoms with Crippen LogP contribution < -0.4 is 10.2 Å². The second-order valence-corrected chi connectivity index (χ2v) is 6.55. The van der Waals surface area contributed by atoms with Crippen molar-refractivity contribution in [3.63, 3.8) is 0 Å². The number of rotatable bonds is 4. The maximum Gasteiger partial charge on any atom is 0.228 e. The van der Waals surface area contributed by atoms with Crippen LogP contribution in [-0.2, 0) is 16.0 Å². The number of carbonyl (C=O) groups is 2. The van der Waals surface area contributed by atoms with E-state index < -0.39 is 5.82 Å². The number of halogens is 2. The van der Waals surface area contributed by atoms with E-state index in [0.29, 0.717) is 23.7 Å². The second kappa shape index (κ2) is 7.23. The van der Waals surface area contributed by atoms with E-state index in [9.17, 15) is 14.0 Å². The Labute approximate surface area is 150 Å². The average Bonchev–Trinajstić information content (AvgIpc) is 2.98. The van der Waals surface area contributed by atoms with Gasteiger partial charge in [-0.05, 0) is 48.7 Å². The van der Waals surface area contributed by atoms with Crippen LogP contribution in [0.5, 0.6) is 0 Å². The van der Waals surface area contributed by atoms with Gasteiger partial charge in [-0.1, -0.05) is 23.7 Å². The molecule has 3 rings (SSSR count). The van der Waals surface area contributed by atoms with E-state index in [-0.39, 0.29) is 23.8 Å². The number of nitrogens with one attached hydrogen (secondary N) is 1. The van der Waals surface area contributed by atoms with Crippen molar-refractivity contribution in [3.05, 3.63) is 58.4 Å². The molecule has 25 heavy (non-hydrogen) atoms. The van der Waals surface area contributed by atoms with Crippen molar-refractivity contribution in [3.8, 4) is 0 Å². The molecule has 1 fully saturated rings. The Bertz CT molecular complexity index is 838. The fourth-order valence-electron chi connectivity index (χ4n) is 2.92. The molecule has 0 unspecified atom stereocenters. The van der Waals surface area contributed by atoms with Crippen LogP contribution >= 0.6 is 11.6 Å². The molecule has 6 heteroatoms.